The molecule has 1 aliphatic carbocycles. The molecule has 2 rings (SSSR count). The van der Waals surface area contributed by atoms with Crippen molar-refractivity contribution in [2.24, 2.45) is 0 Å². The topological polar surface area (TPSA) is 15.3 Å². The van der Waals surface area contributed by atoms with E-state index in [9.17, 15) is 0 Å². The number of nitrogens with zero attached hydrogens (tertiary/aromatic N) is 1. The average molecular weight is 252 g/mol. The molecule has 1 N–H and O–H groups in total. The molecule has 0 atom stereocenters. The van der Waals surface area contributed by atoms with E-state index in [1.165, 1.54) is 37.8 Å². The number of nitrogens with one attached hydrogen (secondary N) is 1. The molecule has 0 aromatic carbocycles. The van der Waals surface area contributed by atoms with Gasteiger partial charge in [-0.15, -0.1) is 0 Å². The number of hydrogen-bond donors (Lipinski definition) is 1. The molecule has 1 fully saturated rings. The van der Waals surface area contributed by atoms with E-state index >= 15 is 0 Å². The maximum absolute atomic E-state index is 3.54. The minimum Gasteiger partial charge on any atom is -0.315 e. The van der Waals surface area contributed by atoms with Crippen molar-refractivity contribution in [2.45, 2.75) is 38.1 Å². The molecule has 1 aromatic rings. The Hall–Kier alpha value is -0.380. The van der Waals surface area contributed by atoms with Gasteiger partial charge in [0.25, 0.3) is 0 Å². The highest BCUT2D eigenvalue weighted by molar-refractivity contribution is 7.07. The molecule has 0 radical (unpaired) electrons. The second-order valence-corrected chi connectivity index (χ2v) is 5.83. The average Bonchev–Trinajstić information content (AvgIpc) is 3.01. The lowest BCUT2D eigenvalue weighted by molar-refractivity contribution is 0.246. The quantitative estimate of drug-likeness (QED) is 0.751. The molecule has 0 amide bonds. The van der Waals surface area contributed by atoms with Crippen molar-refractivity contribution >= 4 is 11.3 Å². The predicted octanol–water partition coefficient (Wildman–Crippen LogP) is 2.75. The minimum absolute atomic E-state index is 0.855. The predicted molar refractivity (Wildman–Crippen MR) is 75.8 cm³/mol. The van der Waals surface area contributed by atoms with E-state index in [4.69, 9.17) is 0 Å². The van der Waals surface area contributed by atoms with Crippen LogP contribution in [0.1, 0.15) is 31.2 Å². The maximum Gasteiger partial charge on any atom is 0.0107 e. The van der Waals surface area contributed by atoms with Crippen molar-refractivity contribution in [2.75, 3.05) is 26.7 Å². The van der Waals surface area contributed by atoms with E-state index in [2.05, 4.69) is 34.1 Å². The molecule has 0 bridgehead atoms. The van der Waals surface area contributed by atoms with Gasteiger partial charge in [0.1, 0.15) is 0 Å². The summed E-state index contributed by atoms with van der Waals surface area (Å²) in [6.07, 6.45) is 6.84. The zero-order valence-electron chi connectivity index (χ0n) is 10.8. The van der Waals surface area contributed by atoms with Gasteiger partial charge < -0.3 is 10.2 Å². The van der Waals surface area contributed by atoms with Crippen LogP contribution in [0.4, 0.5) is 0 Å². The van der Waals surface area contributed by atoms with E-state index in [0.29, 0.717) is 0 Å². The van der Waals surface area contributed by atoms with Gasteiger partial charge in [-0.2, -0.15) is 11.3 Å². The summed E-state index contributed by atoms with van der Waals surface area (Å²) in [6, 6.07) is 3.07. The van der Waals surface area contributed by atoms with Crippen LogP contribution in [0.2, 0.25) is 0 Å². The molecule has 1 heterocycles. The molecule has 0 spiro atoms. The van der Waals surface area contributed by atoms with Gasteiger partial charge in [-0.3, -0.25) is 0 Å². The second kappa shape index (κ2) is 7.14. The smallest absolute Gasteiger partial charge is 0.0107 e. The Bertz CT molecular complexity index is 291. The van der Waals surface area contributed by atoms with Crippen LogP contribution in [0.3, 0.4) is 0 Å². The van der Waals surface area contributed by atoms with Crippen molar-refractivity contribution in [3.8, 4) is 0 Å². The molecule has 0 unspecified atom stereocenters. The van der Waals surface area contributed by atoms with Crippen molar-refractivity contribution in [3.05, 3.63) is 22.4 Å². The first-order valence-electron chi connectivity index (χ1n) is 6.78. The normalized spacial score (nSPS) is 17.1. The third kappa shape index (κ3) is 4.41. The van der Waals surface area contributed by atoms with Crippen LogP contribution < -0.4 is 5.32 Å². The molecule has 0 aliphatic heterocycles. The van der Waals surface area contributed by atoms with Crippen LogP contribution in [0.5, 0.6) is 0 Å². The lowest BCUT2D eigenvalue weighted by Gasteiger charge is -2.23. The number of likely N-dealkylation sites (N-methyl/N-ethyl adjacent to an activating group) is 1. The minimum atomic E-state index is 0.855. The molecule has 0 saturated heterocycles. The standard InChI is InChI=1S/C14H24N2S/c1-16(14-4-2-3-5-14)10-9-15-8-6-13-7-11-17-12-13/h7,11-12,14-15H,2-6,8-10H2,1H3. The van der Waals surface area contributed by atoms with Crippen molar-refractivity contribution in [1.82, 2.24) is 10.2 Å². The Morgan fingerprint density at radius 1 is 1.35 bits per heavy atom. The van der Waals surface area contributed by atoms with Crippen LogP contribution in [-0.2, 0) is 6.42 Å². The Balaban J connectivity index is 1.51. The van der Waals surface area contributed by atoms with Gasteiger partial charge in [0.2, 0.25) is 0 Å². The van der Waals surface area contributed by atoms with E-state index in [0.717, 1.165) is 25.6 Å². The fourth-order valence-electron chi connectivity index (χ4n) is 2.58. The SMILES string of the molecule is CN(CCNCCc1ccsc1)C1CCCC1. The Kier molecular flexibility index (Phi) is 5.49. The first-order chi connectivity index (χ1) is 8.36. The summed E-state index contributed by atoms with van der Waals surface area (Å²) in [5, 5.41) is 7.94. The van der Waals surface area contributed by atoms with Gasteiger partial charge >= 0.3 is 0 Å². The van der Waals surface area contributed by atoms with E-state index < -0.39 is 0 Å². The molecule has 17 heavy (non-hydrogen) atoms. The monoisotopic (exact) mass is 252 g/mol. The van der Waals surface area contributed by atoms with Crippen molar-refractivity contribution in [3.63, 3.8) is 0 Å². The molecule has 3 heteroatoms. The summed E-state index contributed by atoms with van der Waals surface area (Å²) in [6.45, 7) is 3.42. The van der Waals surface area contributed by atoms with Gasteiger partial charge in [-0.1, -0.05) is 12.8 Å². The molecular formula is C14H24N2S. The molecular weight excluding hydrogens is 228 g/mol. The van der Waals surface area contributed by atoms with Crippen LogP contribution in [0.15, 0.2) is 16.8 Å². The molecule has 1 aliphatic rings. The van der Waals surface area contributed by atoms with Gasteiger partial charge in [0.05, 0.1) is 0 Å². The highest BCUT2D eigenvalue weighted by Gasteiger charge is 2.18. The van der Waals surface area contributed by atoms with Gasteiger partial charge in [0.15, 0.2) is 0 Å². The second-order valence-electron chi connectivity index (χ2n) is 5.05. The Labute approximate surface area is 109 Å². The summed E-state index contributed by atoms with van der Waals surface area (Å²) in [4.78, 5) is 2.53. The van der Waals surface area contributed by atoms with Crippen LogP contribution in [0, 0.1) is 0 Å². The lowest BCUT2D eigenvalue weighted by atomic mass is 10.2. The van der Waals surface area contributed by atoms with E-state index in [1.54, 1.807) is 11.3 Å². The Morgan fingerprint density at radius 2 is 2.18 bits per heavy atom. The van der Waals surface area contributed by atoms with Gasteiger partial charge in [-0.05, 0) is 55.2 Å². The summed E-state index contributed by atoms with van der Waals surface area (Å²) < 4.78 is 0. The van der Waals surface area contributed by atoms with Crippen molar-refractivity contribution in [1.29, 1.82) is 0 Å². The molecule has 1 saturated carbocycles. The van der Waals surface area contributed by atoms with Crippen LogP contribution in [0.25, 0.3) is 0 Å². The third-order valence-corrected chi connectivity index (χ3v) is 4.49. The number of rotatable bonds is 7. The number of thiophene rings is 1. The zero-order chi connectivity index (χ0) is 11.9. The largest absolute Gasteiger partial charge is 0.315 e. The highest BCUT2D eigenvalue weighted by atomic mass is 32.1. The highest BCUT2D eigenvalue weighted by Crippen LogP contribution is 2.21. The summed E-state index contributed by atoms with van der Waals surface area (Å²) in [7, 11) is 2.27. The van der Waals surface area contributed by atoms with E-state index in [-0.39, 0.29) is 0 Å². The molecule has 2 nitrogen and oxygen atoms in total. The van der Waals surface area contributed by atoms with Gasteiger partial charge in [0, 0.05) is 19.1 Å². The third-order valence-electron chi connectivity index (χ3n) is 3.76. The summed E-state index contributed by atoms with van der Waals surface area (Å²) >= 11 is 1.79. The Morgan fingerprint density at radius 3 is 2.88 bits per heavy atom. The fraction of sp³-hybridized carbons (Fsp3) is 0.714. The molecule has 96 valence electrons. The summed E-state index contributed by atoms with van der Waals surface area (Å²) in [5.41, 5.74) is 1.46. The first kappa shape index (κ1) is 13.1. The van der Waals surface area contributed by atoms with Crippen molar-refractivity contribution < 1.29 is 0 Å². The van der Waals surface area contributed by atoms with E-state index in [1.807, 2.05) is 0 Å². The number of hydrogen-bond acceptors (Lipinski definition) is 3. The van der Waals surface area contributed by atoms with Gasteiger partial charge in [-0.25, -0.2) is 0 Å². The zero-order valence-corrected chi connectivity index (χ0v) is 11.6. The van der Waals surface area contributed by atoms with Crippen LogP contribution in [-0.4, -0.2) is 37.6 Å². The lowest BCUT2D eigenvalue weighted by Crippen LogP contribution is -2.35. The fourth-order valence-corrected chi connectivity index (χ4v) is 3.28. The maximum atomic E-state index is 3.54. The first-order valence-corrected chi connectivity index (χ1v) is 7.72. The van der Waals surface area contributed by atoms with Crippen LogP contribution >= 0.6 is 11.3 Å². The molecule has 1 aromatic heterocycles. The summed E-state index contributed by atoms with van der Waals surface area (Å²) in [5.74, 6) is 0.